The van der Waals surface area contributed by atoms with Crippen LogP contribution in [0.5, 0.6) is 0 Å². The first kappa shape index (κ1) is 12.2. The van der Waals surface area contributed by atoms with E-state index in [2.05, 4.69) is 43.4 Å². The maximum Gasteiger partial charge on any atom is 0.220 e. The molecule has 1 aliphatic rings. The summed E-state index contributed by atoms with van der Waals surface area (Å²) in [5, 5.41) is 3.01. The van der Waals surface area contributed by atoms with E-state index < -0.39 is 0 Å². The molecule has 2 nitrogen and oxygen atoms in total. The molecule has 2 rings (SSSR count). The molecule has 1 fully saturated rings. The molecule has 0 spiro atoms. The summed E-state index contributed by atoms with van der Waals surface area (Å²) < 4.78 is 0. The van der Waals surface area contributed by atoms with E-state index in [1.807, 2.05) is 0 Å². The summed E-state index contributed by atoms with van der Waals surface area (Å²) in [6.45, 7) is 4.39. The summed E-state index contributed by atoms with van der Waals surface area (Å²) in [6.07, 6.45) is 3.78. The summed E-state index contributed by atoms with van der Waals surface area (Å²) in [5.41, 5.74) is 2.61. The predicted octanol–water partition coefficient (Wildman–Crippen LogP) is 3.02. The number of hydrogen-bond acceptors (Lipinski definition) is 1. The van der Waals surface area contributed by atoms with Gasteiger partial charge in [-0.15, -0.1) is 0 Å². The van der Waals surface area contributed by atoms with Crippen LogP contribution in [0, 0.1) is 0 Å². The smallest absolute Gasteiger partial charge is 0.220 e. The summed E-state index contributed by atoms with van der Waals surface area (Å²) in [5.74, 6) is 0.766. The monoisotopic (exact) mass is 231 g/mol. The van der Waals surface area contributed by atoms with Crippen LogP contribution < -0.4 is 5.32 Å². The molecule has 1 amide bonds. The molecule has 0 radical (unpaired) electrons. The second-order valence-electron chi connectivity index (χ2n) is 5.24. The van der Waals surface area contributed by atoms with Crippen molar-refractivity contribution in [2.45, 2.75) is 51.5 Å². The van der Waals surface area contributed by atoms with Gasteiger partial charge >= 0.3 is 0 Å². The van der Waals surface area contributed by atoms with E-state index in [0.717, 1.165) is 19.3 Å². The van der Waals surface area contributed by atoms with E-state index in [0.29, 0.717) is 18.4 Å². The second-order valence-corrected chi connectivity index (χ2v) is 5.24. The summed E-state index contributed by atoms with van der Waals surface area (Å²) in [6, 6.07) is 9.09. The van der Waals surface area contributed by atoms with E-state index in [1.165, 1.54) is 11.1 Å². The fourth-order valence-electron chi connectivity index (χ4n) is 1.85. The SMILES string of the molecule is CC(C)c1ccc(CCC(=O)NC2CC2)cc1. The molecule has 92 valence electrons. The van der Waals surface area contributed by atoms with E-state index in [1.54, 1.807) is 0 Å². The molecule has 0 atom stereocenters. The van der Waals surface area contributed by atoms with Crippen molar-refractivity contribution >= 4 is 5.91 Å². The fraction of sp³-hybridized carbons (Fsp3) is 0.533. The van der Waals surface area contributed by atoms with E-state index >= 15 is 0 Å². The van der Waals surface area contributed by atoms with Crippen molar-refractivity contribution in [2.75, 3.05) is 0 Å². The summed E-state index contributed by atoms with van der Waals surface area (Å²) in [4.78, 5) is 11.5. The minimum Gasteiger partial charge on any atom is -0.353 e. The van der Waals surface area contributed by atoms with Crippen molar-refractivity contribution in [3.63, 3.8) is 0 Å². The van der Waals surface area contributed by atoms with Gasteiger partial charge in [-0.1, -0.05) is 38.1 Å². The third-order valence-electron chi connectivity index (χ3n) is 3.23. The van der Waals surface area contributed by atoms with Crippen LogP contribution in [-0.4, -0.2) is 11.9 Å². The highest BCUT2D eigenvalue weighted by molar-refractivity contribution is 5.76. The van der Waals surface area contributed by atoms with Crippen LogP contribution in [0.15, 0.2) is 24.3 Å². The number of rotatable bonds is 5. The summed E-state index contributed by atoms with van der Waals surface area (Å²) in [7, 11) is 0. The van der Waals surface area contributed by atoms with Crippen LogP contribution in [-0.2, 0) is 11.2 Å². The molecular formula is C15H21NO. The Morgan fingerprint density at radius 3 is 2.47 bits per heavy atom. The molecule has 1 N–H and O–H groups in total. The quantitative estimate of drug-likeness (QED) is 0.829. The molecule has 0 aliphatic heterocycles. The van der Waals surface area contributed by atoms with E-state index in [4.69, 9.17) is 0 Å². The Hall–Kier alpha value is -1.31. The van der Waals surface area contributed by atoms with Crippen LogP contribution in [0.1, 0.15) is 50.2 Å². The van der Waals surface area contributed by atoms with Crippen molar-refractivity contribution in [3.05, 3.63) is 35.4 Å². The second kappa shape index (κ2) is 5.35. The van der Waals surface area contributed by atoms with Crippen molar-refractivity contribution in [1.82, 2.24) is 5.32 Å². The average Bonchev–Trinajstić information content (AvgIpc) is 3.11. The van der Waals surface area contributed by atoms with Gasteiger partial charge in [0.2, 0.25) is 5.91 Å². The zero-order chi connectivity index (χ0) is 12.3. The van der Waals surface area contributed by atoms with Gasteiger partial charge < -0.3 is 5.32 Å². The van der Waals surface area contributed by atoms with Gasteiger partial charge in [0, 0.05) is 12.5 Å². The normalized spacial score (nSPS) is 15.0. The van der Waals surface area contributed by atoms with Gasteiger partial charge in [0.25, 0.3) is 0 Å². The maximum absolute atomic E-state index is 11.5. The number of amides is 1. The third kappa shape index (κ3) is 3.88. The highest BCUT2D eigenvalue weighted by Crippen LogP contribution is 2.19. The Labute approximate surface area is 103 Å². The first-order valence-corrected chi connectivity index (χ1v) is 6.53. The predicted molar refractivity (Wildman–Crippen MR) is 70.0 cm³/mol. The number of hydrogen-bond donors (Lipinski definition) is 1. The van der Waals surface area contributed by atoms with Gasteiger partial charge in [0.1, 0.15) is 0 Å². The lowest BCUT2D eigenvalue weighted by Gasteiger charge is -2.07. The van der Waals surface area contributed by atoms with E-state index in [-0.39, 0.29) is 5.91 Å². The first-order valence-electron chi connectivity index (χ1n) is 6.53. The Bertz CT molecular complexity index is 376. The van der Waals surface area contributed by atoms with Crippen LogP contribution in [0.4, 0.5) is 0 Å². The lowest BCUT2D eigenvalue weighted by atomic mass is 10.0. The molecule has 1 aliphatic carbocycles. The van der Waals surface area contributed by atoms with Crippen LogP contribution in [0.2, 0.25) is 0 Å². The highest BCUT2D eigenvalue weighted by Gasteiger charge is 2.22. The number of carbonyl (C=O) groups is 1. The van der Waals surface area contributed by atoms with Crippen molar-refractivity contribution in [3.8, 4) is 0 Å². The lowest BCUT2D eigenvalue weighted by Crippen LogP contribution is -2.25. The first-order chi connectivity index (χ1) is 8.15. The molecule has 0 aromatic heterocycles. The van der Waals surface area contributed by atoms with Crippen LogP contribution >= 0.6 is 0 Å². The molecule has 0 bridgehead atoms. The van der Waals surface area contributed by atoms with Gasteiger partial charge in [-0.25, -0.2) is 0 Å². The highest BCUT2D eigenvalue weighted by atomic mass is 16.1. The number of aryl methyl sites for hydroxylation is 1. The molecule has 1 aromatic rings. The lowest BCUT2D eigenvalue weighted by molar-refractivity contribution is -0.121. The van der Waals surface area contributed by atoms with Crippen molar-refractivity contribution in [2.24, 2.45) is 0 Å². The Kier molecular flexibility index (Phi) is 3.82. The number of carbonyl (C=O) groups excluding carboxylic acids is 1. The van der Waals surface area contributed by atoms with Crippen molar-refractivity contribution in [1.29, 1.82) is 0 Å². The molecule has 2 heteroatoms. The third-order valence-corrected chi connectivity index (χ3v) is 3.23. The molecule has 0 unspecified atom stereocenters. The van der Waals surface area contributed by atoms with Gasteiger partial charge in [-0.3, -0.25) is 4.79 Å². The topological polar surface area (TPSA) is 29.1 Å². The largest absolute Gasteiger partial charge is 0.353 e. The zero-order valence-electron chi connectivity index (χ0n) is 10.7. The molecular weight excluding hydrogens is 210 g/mol. The zero-order valence-corrected chi connectivity index (χ0v) is 10.7. The number of nitrogens with one attached hydrogen (secondary N) is 1. The van der Waals surface area contributed by atoms with Crippen molar-refractivity contribution < 1.29 is 4.79 Å². The van der Waals surface area contributed by atoms with Gasteiger partial charge in [0.15, 0.2) is 0 Å². The standard InChI is InChI=1S/C15H21NO/c1-11(2)13-6-3-12(4-7-13)5-10-15(17)16-14-8-9-14/h3-4,6-7,11,14H,5,8-10H2,1-2H3,(H,16,17). The average molecular weight is 231 g/mol. The number of benzene rings is 1. The van der Waals surface area contributed by atoms with Gasteiger partial charge in [-0.05, 0) is 36.3 Å². The fourth-order valence-corrected chi connectivity index (χ4v) is 1.85. The molecule has 1 aromatic carbocycles. The maximum atomic E-state index is 11.5. The van der Waals surface area contributed by atoms with E-state index in [9.17, 15) is 4.79 Å². The molecule has 0 heterocycles. The molecule has 1 saturated carbocycles. The molecule has 0 saturated heterocycles. The minimum atomic E-state index is 0.195. The van der Waals surface area contributed by atoms with Gasteiger partial charge in [-0.2, -0.15) is 0 Å². The Balaban J connectivity index is 1.79. The minimum absolute atomic E-state index is 0.195. The molecule has 17 heavy (non-hydrogen) atoms. The van der Waals surface area contributed by atoms with Gasteiger partial charge in [0.05, 0.1) is 0 Å². The Morgan fingerprint density at radius 1 is 1.29 bits per heavy atom. The van der Waals surface area contributed by atoms with Crippen LogP contribution in [0.25, 0.3) is 0 Å². The van der Waals surface area contributed by atoms with Crippen LogP contribution in [0.3, 0.4) is 0 Å². The summed E-state index contributed by atoms with van der Waals surface area (Å²) >= 11 is 0. The Morgan fingerprint density at radius 2 is 1.94 bits per heavy atom.